The zero-order chi connectivity index (χ0) is 28.8. The van der Waals surface area contributed by atoms with E-state index in [9.17, 15) is 45.4 Å². The smallest absolute Gasteiger partial charge is 0.376 e. The Morgan fingerprint density at radius 3 is 2.26 bits per heavy atom. The number of likely N-dealkylation sites (tertiary alicyclic amines) is 1. The summed E-state index contributed by atoms with van der Waals surface area (Å²) in [7, 11) is 0. The Hall–Kier alpha value is -3.15. The van der Waals surface area contributed by atoms with Gasteiger partial charge >= 0.3 is 12.4 Å². The van der Waals surface area contributed by atoms with Crippen molar-refractivity contribution in [1.29, 1.82) is 0 Å². The summed E-state index contributed by atoms with van der Waals surface area (Å²) in [4.78, 5) is 27.9. The van der Waals surface area contributed by atoms with Crippen LogP contribution in [-0.4, -0.2) is 40.6 Å². The highest BCUT2D eigenvalue weighted by atomic mass is 19.4. The van der Waals surface area contributed by atoms with Gasteiger partial charge in [0.1, 0.15) is 11.9 Å². The van der Waals surface area contributed by atoms with Gasteiger partial charge in [-0.1, -0.05) is 18.2 Å². The van der Waals surface area contributed by atoms with E-state index in [0.29, 0.717) is 38.7 Å². The largest absolute Gasteiger partial charge is 0.421 e. The number of carbonyl (C=O) groups excluding carboxylic acids is 2. The predicted octanol–water partition coefficient (Wildman–Crippen LogP) is 5.88. The van der Waals surface area contributed by atoms with Crippen LogP contribution in [0.2, 0.25) is 0 Å². The van der Waals surface area contributed by atoms with Crippen molar-refractivity contribution in [1.82, 2.24) is 10.2 Å². The van der Waals surface area contributed by atoms with Gasteiger partial charge in [-0.25, -0.2) is 4.39 Å². The molecule has 0 aromatic heterocycles. The SMILES string of the molecule is CC(O)(c1cccc(C(=O)N2CCCC[C@@H]2C(=O)NC(c2ccc(C(F)(F)F)cc2F)C2CC2)c1)C(F)(F)F. The summed E-state index contributed by atoms with van der Waals surface area (Å²) in [6.45, 7) is 0.714. The number of carbonyl (C=O) groups is 2. The lowest BCUT2D eigenvalue weighted by molar-refractivity contribution is -0.258. The van der Waals surface area contributed by atoms with Crippen molar-refractivity contribution >= 4 is 11.8 Å². The highest BCUT2D eigenvalue weighted by molar-refractivity contribution is 5.98. The van der Waals surface area contributed by atoms with Crippen LogP contribution in [0.25, 0.3) is 0 Å². The minimum absolute atomic E-state index is 0.0883. The number of benzene rings is 2. The molecule has 2 amide bonds. The monoisotopic (exact) mass is 560 g/mol. The van der Waals surface area contributed by atoms with E-state index in [1.807, 2.05) is 0 Å². The zero-order valence-corrected chi connectivity index (χ0v) is 20.9. The van der Waals surface area contributed by atoms with Crippen LogP contribution in [0.4, 0.5) is 30.7 Å². The fourth-order valence-electron chi connectivity index (χ4n) is 4.82. The third-order valence-corrected chi connectivity index (χ3v) is 7.34. The van der Waals surface area contributed by atoms with Crippen LogP contribution >= 0.6 is 0 Å². The molecule has 1 saturated heterocycles. The first kappa shape index (κ1) is 28.8. The predicted molar refractivity (Wildman–Crippen MR) is 126 cm³/mol. The molecule has 39 heavy (non-hydrogen) atoms. The average molecular weight is 561 g/mol. The summed E-state index contributed by atoms with van der Waals surface area (Å²) >= 11 is 0. The van der Waals surface area contributed by atoms with Crippen molar-refractivity contribution in [2.24, 2.45) is 5.92 Å². The molecule has 2 unspecified atom stereocenters. The maximum atomic E-state index is 14.7. The lowest BCUT2D eigenvalue weighted by atomic mass is 9.93. The Bertz CT molecular complexity index is 1240. The third kappa shape index (κ3) is 6.05. The molecule has 12 heteroatoms. The van der Waals surface area contributed by atoms with Crippen molar-refractivity contribution in [2.45, 2.75) is 69.1 Å². The number of hydrogen-bond donors (Lipinski definition) is 2. The van der Waals surface area contributed by atoms with Gasteiger partial charge in [-0.2, -0.15) is 26.3 Å². The first-order chi connectivity index (χ1) is 18.1. The summed E-state index contributed by atoms with van der Waals surface area (Å²) in [6.07, 6.45) is -7.11. The van der Waals surface area contributed by atoms with Crippen LogP contribution in [0.3, 0.4) is 0 Å². The quantitative estimate of drug-likeness (QED) is 0.434. The lowest BCUT2D eigenvalue weighted by Gasteiger charge is -2.36. The van der Waals surface area contributed by atoms with E-state index in [2.05, 4.69) is 5.32 Å². The van der Waals surface area contributed by atoms with Crippen molar-refractivity contribution in [2.75, 3.05) is 6.54 Å². The highest BCUT2D eigenvalue weighted by Gasteiger charge is 2.51. The minimum Gasteiger partial charge on any atom is -0.376 e. The molecule has 2 aromatic carbocycles. The van der Waals surface area contributed by atoms with Gasteiger partial charge in [-0.15, -0.1) is 0 Å². The Morgan fingerprint density at radius 1 is 0.974 bits per heavy atom. The number of hydrogen-bond acceptors (Lipinski definition) is 3. The number of alkyl halides is 6. The van der Waals surface area contributed by atoms with E-state index in [-0.39, 0.29) is 30.0 Å². The second-order valence-electron chi connectivity index (χ2n) is 10.2. The molecule has 0 spiro atoms. The zero-order valence-electron chi connectivity index (χ0n) is 20.9. The van der Waals surface area contributed by atoms with Crippen LogP contribution in [0.1, 0.15) is 72.1 Å². The number of piperidine rings is 1. The van der Waals surface area contributed by atoms with Crippen LogP contribution < -0.4 is 5.32 Å². The molecule has 2 aromatic rings. The molecule has 2 fully saturated rings. The van der Waals surface area contributed by atoms with Gasteiger partial charge < -0.3 is 15.3 Å². The number of nitrogens with zero attached hydrogens (tertiary/aromatic N) is 1. The molecular formula is C27H27F7N2O3. The molecule has 1 aliphatic heterocycles. The number of nitrogens with one attached hydrogen (secondary N) is 1. The first-order valence-electron chi connectivity index (χ1n) is 12.5. The average Bonchev–Trinajstić information content (AvgIpc) is 3.71. The maximum Gasteiger partial charge on any atom is 0.421 e. The molecule has 0 bridgehead atoms. The number of rotatable bonds is 6. The van der Waals surface area contributed by atoms with E-state index >= 15 is 0 Å². The molecule has 212 valence electrons. The molecule has 2 N–H and O–H groups in total. The van der Waals surface area contributed by atoms with E-state index in [1.54, 1.807) is 0 Å². The van der Waals surface area contributed by atoms with Gasteiger partial charge in [0.05, 0.1) is 11.6 Å². The summed E-state index contributed by atoms with van der Waals surface area (Å²) in [5.74, 6) is -2.63. The summed E-state index contributed by atoms with van der Waals surface area (Å²) in [6, 6.07) is 4.69. The lowest BCUT2D eigenvalue weighted by Crippen LogP contribution is -2.52. The molecule has 1 aliphatic carbocycles. The van der Waals surface area contributed by atoms with Gasteiger partial charge in [0.15, 0.2) is 5.60 Å². The first-order valence-corrected chi connectivity index (χ1v) is 12.5. The number of aliphatic hydroxyl groups is 1. The highest BCUT2D eigenvalue weighted by Crippen LogP contribution is 2.43. The van der Waals surface area contributed by atoms with Crippen LogP contribution in [0.5, 0.6) is 0 Å². The van der Waals surface area contributed by atoms with Crippen molar-refractivity contribution in [3.8, 4) is 0 Å². The van der Waals surface area contributed by atoms with Crippen molar-refractivity contribution < 1.29 is 45.4 Å². The van der Waals surface area contributed by atoms with Crippen LogP contribution in [0, 0.1) is 11.7 Å². The van der Waals surface area contributed by atoms with Gasteiger partial charge in [0.25, 0.3) is 5.91 Å². The molecule has 1 heterocycles. The second kappa shape index (κ2) is 10.4. The fraction of sp³-hybridized carbons (Fsp3) is 0.481. The summed E-state index contributed by atoms with van der Waals surface area (Å²) in [5.41, 5.74) is -5.13. The van der Waals surface area contributed by atoms with E-state index in [0.717, 1.165) is 24.3 Å². The minimum atomic E-state index is -4.99. The normalized spacial score (nSPS) is 20.7. The second-order valence-corrected chi connectivity index (χ2v) is 10.2. The fourth-order valence-corrected chi connectivity index (χ4v) is 4.82. The molecule has 0 radical (unpaired) electrons. The van der Waals surface area contributed by atoms with Gasteiger partial charge in [0, 0.05) is 17.7 Å². The van der Waals surface area contributed by atoms with Crippen molar-refractivity contribution in [3.63, 3.8) is 0 Å². The summed E-state index contributed by atoms with van der Waals surface area (Å²) in [5, 5.41) is 12.7. The Labute approximate surface area is 220 Å². The van der Waals surface area contributed by atoms with E-state index in [4.69, 9.17) is 0 Å². The Balaban J connectivity index is 1.56. The van der Waals surface area contributed by atoms with Gasteiger partial charge in [-0.05, 0) is 74.8 Å². The molecule has 1 saturated carbocycles. The van der Waals surface area contributed by atoms with Crippen molar-refractivity contribution in [3.05, 3.63) is 70.5 Å². The van der Waals surface area contributed by atoms with Crippen LogP contribution in [0.15, 0.2) is 42.5 Å². The van der Waals surface area contributed by atoms with E-state index in [1.165, 1.54) is 17.0 Å². The summed E-state index contributed by atoms with van der Waals surface area (Å²) < 4.78 is 93.7. The molecule has 4 rings (SSSR count). The number of amides is 2. The van der Waals surface area contributed by atoms with Gasteiger partial charge in [-0.3, -0.25) is 9.59 Å². The molecule has 5 nitrogen and oxygen atoms in total. The Morgan fingerprint density at radius 2 is 1.67 bits per heavy atom. The molecular weight excluding hydrogens is 533 g/mol. The van der Waals surface area contributed by atoms with E-state index < -0.39 is 58.8 Å². The maximum absolute atomic E-state index is 14.7. The number of halogens is 7. The molecule has 2 aliphatic rings. The Kier molecular flexibility index (Phi) is 7.72. The molecule has 3 atom stereocenters. The standard InChI is InChI=1S/C27H27F7N2O3/c1-25(39,27(32,33)34)17-6-4-5-16(13-17)24(38)36-12-3-2-7-21(36)23(37)35-22(15-8-9-15)19-11-10-18(14-20(19)28)26(29,30)31/h4-6,10-11,13-15,21-22,39H,2-3,7-9,12H2,1H3,(H,35,37)/t21-,22?,25?/m1/s1. The topological polar surface area (TPSA) is 69.6 Å². The third-order valence-electron chi connectivity index (χ3n) is 7.34. The van der Waals surface area contributed by atoms with Crippen LogP contribution in [-0.2, 0) is 16.6 Å². The van der Waals surface area contributed by atoms with Gasteiger partial charge in [0.2, 0.25) is 5.91 Å².